The van der Waals surface area contributed by atoms with E-state index in [1.807, 2.05) is 0 Å². The summed E-state index contributed by atoms with van der Waals surface area (Å²) in [5, 5.41) is 11.9. The van der Waals surface area contributed by atoms with Crippen LogP contribution in [-0.4, -0.2) is 19.9 Å². The van der Waals surface area contributed by atoms with E-state index in [1.54, 1.807) is 0 Å². The van der Waals surface area contributed by atoms with Gasteiger partial charge in [-0.05, 0) is 11.8 Å². The summed E-state index contributed by atoms with van der Waals surface area (Å²) in [5.74, 6) is 0. The highest BCUT2D eigenvalue weighted by atomic mass is 35.5. The third-order valence-electron chi connectivity index (χ3n) is 1.80. The van der Waals surface area contributed by atoms with Crippen LogP contribution in [0.4, 0.5) is 5.69 Å². The van der Waals surface area contributed by atoms with Crippen LogP contribution >= 0.6 is 35.0 Å². The van der Waals surface area contributed by atoms with Crippen molar-refractivity contribution in [3.8, 4) is 0 Å². The SMILES string of the molecule is O=[N+]([O-])c1cnc(Sc2cnc(Cl)cn2)c(Cl)c1. The van der Waals surface area contributed by atoms with E-state index in [4.69, 9.17) is 23.2 Å². The molecule has 0 spiro atoms. The Kier molecular flexibility index (Phi) is 3.95. The van der Waals surface area contributed by atoms with E-state index in [2.05, 4.69) is 15.0 Å². The Bertz CT molecular complexity index is 594. The molecule has 0 aromatic carbocycles. The van der Waals surface area contributed by atoms with Crippen molar-refractivity contribution < 1.29 is 4.92 Å². The average Bonchev–Trinajstić information content (AvgIpc) is 2.34. The Labute approximate surface area is 116 Å². The molecule has 0 atom stereocenters. The van der Waals surface area contributed by atoms with Gasteiger partial charge in [0.05, 0.1) is 22.3 Å². The molecule has 0 saturated heterocycles. The van der Waals surface area contributed by atoms with E-state index >= 15 is 0 Å². The molecule has 2 aromatic heterocycles. The molecule has 0 aliphatic rings. The zero-order valence-corrected chi connectivity index (χ0v) is 10.9. The molecule has 0 saturated carbocycles. The van der Waals surface area contributed by atoms with Gasteiger partial charge in [0.15, 0.2) is 0 Å². The molecule has 0 bridgehead atoms. The molecule has 92 valence electrons. The first-order valence-electron chi connectivity index (χ1n) is 4.51. The predicted molar refractivity (Wildman–Crippen MR) is 67.1 cm³/mol. The lowest BCUT2D eigenvalue weighted by atomic mass is 10.4. The molecule has 18 heavy (non-hydrogen) atoms. The standard InChI is InChI=1S/C9H4Cl2N4O2S/c10-6-1-5(15(16)17)2-14-9(6)18-8-4-12-7(11)3-13-8/h1-4H. The fourth-order valence-corrected chi connectivity index (χ4v) is 2.09. The van der Waals surface area contributed by atoms with Crippen molar-refractivity contribution in [3.05, 3.63) is 44.9 Å². The molecule has 2 heterocycles. The van der Waals surface area contributed by atoms with Crippen LogP contribution in [0, 0.1) is 10.1 Å². The van der Waals surface area contributed by atoms with Crippen molar-refractivity contribution in [2.24, 2.45) is 0 Å². The molecule has 0 aliphatic heterocycles. The number of nitro groups is 1. The Hall–Kier alpha value is -1.44. The van der Waals surface area contributed by atoms with E-state index in [0.717, 1.165) is 18.0 Å². The largest absolute Gasteiger partial charge is 0.289 e. The fourth-order valence-electron chi connectivity index (χ4n) is 1.04. The monoisotopic (exact) mass is 302 g/mol. The van der Waals surface area contributed by atoms with Gasteiger partial charge in [-0.15, -0.1) is 0 Å². The lowest BCUT2D eigenvalue weighted by Crippen LogP contribution is -1.91. The average molecular weight is 303 g/mol. The molecule has 0 aliphatic carbocycles. The molecule has 0 fully saturated rings. The summed E-state index contributed by atoms with van der Waals surface area (Å²) in [6, 6.07) is 1.24. The fraction of sp³-hybridized carbons (Fsp3) is 0. The molecule has 0 N–H and O–H groups in total. The molecule has 0 radical (unpaired) electrons. The van der Waals surface area contributed by atoms with Gasteiger partial charge in [0.25, 0.3) is 5.69 Å². The second-order valence-electron chi connectivity index (χ2n) is 3.02. The van der Waals surface area contributed by atoms with E-state index in [-0.39, 0.29) is 15.9 Å². The lowest BCUT2D eigenvalue weighted by Gasteiger charge is -2.01. The maximum absolute atomic E-state index is 10.5. The van der Waals surface area contributed by atoms with Crippen LogP contribution in [0.2, 0.25) is 10.2 Å². The minimum atomic E-state index is -0.560. The van der Waals surface area contributed by atoms with Gasteiger partial charge in [-0.25, -0.2) is 15.0 Å². The van der Waals surface area contributed by atoms with Crippen LogP contribution in [0.15, 0.2) is 34.7 Å². The van der Waals surface area contributed by atoms with Crippen LogP contribution < -0.4 is 0 Å². The van der Waals surface area contributed by atoms with Gasteiger partial charge in [-0.3, -0.25) is 10.1 Å². The molecule has 2 aromatic rings. The zero-order chi connectivity index (χ0) is 13.1. The predicted octanol–water partition coefficient (Wildman–Crippen LogP) is 3.24. The van der Waals surface area contributed by atoms with Gasteiger partial charge in [0, 0.05) is 6.07 Å². The zero-order valence-electron chi connectivity index (χ0n) is 8.58. The van der Waals surface area contributed by atoms with E-state index in [9.17, 15) is 10.1 Å². The normalized spacial score (nSPS) is 10.3. The summed E-state index contributed by atoms with van der Waals surface area (Å²) in [7, 11) is 0. The van der Waals surface area contributed by atoms with Gasteiger partial charge in [-0.2, -0.15) is 0 Å². The van der Waals surface area contributed by atoms with Gasteiger partial charge >= 0.3 is 0 Å². The highest BCUT2D eigenvalue weighted by Crippen LogP contribution is 2.31. The first-order valence-corrected chi connectivity index (χ1v) is 6.09. The van der Waals surface area contributed by atoms with Crippen LogP contribution in [0.1, 0.15) is 0 Å². The second kappa shape index (κ2) is 5.47. The molecule has 6 nitrogen and oxygen atoms in total. The van der Waals surface area contributed by atoms with E-state index < -0.39 is 4.92 Å². The summed E-state index contributed by atoms with van der Waals surface area (Å²) < 4.78 is 0. The molecular formula is C9H4Cl2N4O2S. The van der Waals surface area contributed by atoms with Crippen molar-refractivity contribution in [1.29, 1.82) is 0 Å². The van der Waals surface area contributed by atoms with Crippen molar-refractivity contribution >= 4 is 40.7 Å². The van der Waals surface area contributed by atoms with Crippen molar-refractivity contribution in [2.45, 2.75) is 10.1 Å². The highest BCUT2D eigenvalue weighted by Gasteiger charge is 2.12. The Balaban J connectivity index is 2.24. The molecular weight excluding hydrogens is 299 g/mol. The number of rotatable bonds is 3. The Morgan fingerprint density at radius 2 is 1.94 bits per heavy atom. The lowest BCUT2D eigenvalue weighted by molar-refractivity contribution is -0.385. The Morgan fingerprint density at radius 1 is 1.17 bits per heavy atom. The number of pyridine rings is 1. The van der Waals surface area contributed by atoms with E-state index in [0.29, 0.717) is 10.1 Å². The third kappa shape index (κ3) is 3.06. The first kappa shape index (κ1) is 13.0. The summed E-state index contributed by atoms with van der Waals surface area (Å²) in [6.07, 6.45) is 3.99. The minimum Gasteiger partial charge on any atom is -0.258 e. The summed E-state index contributed by atoms with van der Waals surface area (Å²) >= 11 is 12.6. The van der Waals surface area contributed by atoms with Gasteiger partial charge in [0.2, 0.25) is 0 Å². The number of hydrogen-bond acceptors (Lipinski definition) is 6. The summed E-state index contributed by atoms with van der Waals surface area (Å²) in [4.78, 5) is 21.7. The molecule has 0 amide bonds. The first-order chi connectivity index (χ1) is 8.56. The molecule has 2 rings (SSSR count). The van der Waals surface area contributed by atoms with Crippen molar-refractivity contribution in [3.63, 3.8) is 0 Å². The van der Waals surface area contributed by atoms with Crippen LogP contribution in [0.5, 0.6) is 0 Å². The summed E-state index contributed by atoms with van der Waals surface area (Å²) in [5.41, 5.74) is -0.161. The quantitative estimate of drug-likeness (QED) is 0.639. The topological polar surface area (TPSA) is 81.8 Å². The number of nitrogens with zero attached hydrogens (tertiary/aromatic N) is 4. The minimum absolute atomic E-state index is 0.161. The van der Waals surface area contributed by atoms with E-state index in [1.165, 1.54) is 18.5 Å². The third-order valence-corrected chi connectivity index (χ3v) is 3.34. The number of halogens is 2. The van der Waals surface area contributed by atoms with Gasteiger partial charge < -0.3 is 0 Å². The Morgan fingerprint density at radius 3 is 2.50 bits per heavy atom. The maximum atomic E-state index is 10.5. The maximum Gasteiger partial charge on any atom is 0.289 e. The number of hydrogen-bond donors (Lipinski definition) is 0. The van der Waals surface area contributed by atoms with Crippen LogP contribution in [0.25, 0.3) is 0 Å². The number of aromatic nitrogens is 3. The van der Waals surface area contributed by atoms with Crippen LogP contribution in [0.3, 0.4) is 0 Å². The van der Waals surface area contributed by atoms with Gasteiger partial charge in [0.1, 0.15) is 21.4 Å². The highest BCUT2D eigenvalue weighted by molar-refractivity contribution is 7.99. The van der Waals surface area contributed by atoms with Gasteiger partial charge in [-0.1, -0.05) is 23.2 Å². The molecule has 9 heteroatoms. The van der Waals surface area contributed by atoms with Crippen molar-refractivity contribution in [1.82, 2.24) is 15.0 Å². The second-order valence-corrected chi connectivity index (χ2v) is 4.82. The smallest absolute Gasteiger partial charge is 0.258 e. The summed E-state index contributed by atoms with van der Waals surface area (Å²) in [6.45, 7) is 0. The molecule has 0 unspecified atom stereocenters. The van der Waals surface area contributed by atoms with Crippen molar-refractivity contribution in [2.75, 3.05) is 0 Å². The van der Waals surface area contributed by atoms with Crippen LogP contribution in [-0.2, 0) is 0 Å².